The van der Waals surface area contributed by atoms with Crippen molar-refractivity contribution in [2.24, 2.45) is 14.1 Å². The minimum atomic E-state index is -0.0521. The molecule has 0 N–H and O–H groups in total. The lowest BCUT2D eigenvalue weighted by Gasteiger charge is -2.24. The Labute approximate surface area is 177 Å². The first-order valence-corrected chi connectivity index (χ1v) is 10.4. The highest BCUT2D eigenvalue weighted by molar-refractivity contribution is 5.97. The maximum Gasteiger partial charge on any atom is 0.264 e. The van der Waals surface area contributed by atoms with E-state index in [-0.39, 0.29) is 5.56 Å². The molecule has 7 nitrogen and oxygen atoms in total. The number of aromatic nitrogens is 3. The molecule has 2 heterocycles. The van der Waals surface area contributed by atoms with Crippen molar-refractivity contribution < 1.29 is 9.47 Å². The molecule has 0 aliphatic carbocycles. The second-order valence-electron chi connectivity index (χ2n) is 7.55. The van der Waals surface area contributed by atoms with E-state index in [0.717, 1.165) is 42.8 Å². The normalized spacial score (nSPS) is 11.2. The van der Waals surface area contributed by atoms with Crippen LogP contribution < -0.4 is 19.9 Å². The average Bonchev–Trinajstić information content (AvgIpc) is 3.00. The second-order valence-corrected chi connectivity index (χ2v) is 7.55. The van der Waals surface area contributed by atoms with Gasteiger partial charge in [-0.15, -0.1) is 0 Å². The van der Waals surface area contributed by atoms with Gasteiger partial charge in [-0.3, -0.25) is 9.36 Å². The van der Waals surface area contributed by atoms with E-state index < -0.39 is 0 Å². The van der Waals surface area contributed by atoms with Gasteiger partial charge in [0, 0.05) is 50.1 Å². The summed E-state index contributed by atoms with van der Waals surface area (Å²) < 4.78 is 14.6. The summed E-state index contributed by atoms with van der Waals surface area (Å²) in [5, 5.41) is 0.609. The molecule has 0 aliphatic heterocycles. The number of hydrogen-bond acceptors (Lipinski definition) is 5. The van der Waals surface area contributed by atoms with Crippen molar-refractivity contribution in [3.05, 3.63) is 34.2 Å². The fourth-order valence-electron chi connectivity index (χ4n) is 4.02. The van der Waals surface area contributed by atoms with Gasteiger partial charge >= 0.3 is 0 Å². The summed E-state index contributed by atoms with van der Waals surface area (Å²) in [6.07, 6.45) is 1.99. The molecule has 1 aromatic carbocycles. The zero-order chi connectivity index (χ0) is 22.0. The Morgan fingerprint density at radius 1 is 1.03 bits per heavy atom. The molecule has 0 fully saturated rings. The van der Waals surface area contributed by atoms with Gasteiger partial charge in [0.15, 0.2) is 0 Å². The van der Waals surface area contributed by atoms with Crippen molar-refractivity contribution in [1.82, 2.24) is 14.1 Å². The zero-order valence-corrected chi connectivity index (χ0v) is 19.1. The van der Waals surface area contributed by atoms with Crippen molar-refractivity contribution in [3.8, 4) is 22.6 Å². The number of benzene rings is 1. The molecule has 0 bridgehead atoms. The van der Waals surface area contributed by atoms with Crippen LogP contribution in [-0.2, 0) is 14.1 Å². The Morgan fingerprint density at radius 2 is 1.70 bits per heavy atom. The molecule has 2 aromatic heterocycles. The van der Waals surface area contributed by atoms with Crippen LogP contribution in [0.3, 0.4) is 0 Å². The molecule has 0 radical (unpaired) electrons. The highest BCUT2D eigenvalue weighted by Crippen LogP contribution is 2.39. The van der Waals surface area contributed by atoms with Gasteiger partial charge in [0.2, 0.25) is 5.95 Å². The standard InChI is InChI=1S/C23H32N4O3/c1-8-12-27(13-9-2)23-24-21-20(22(28)26(23)5)19(15(3)25(21)4)17-11-10-16(29-6)14-18(17)30-7/h10-11,14H,8-9,12-13H2,1-7H3. The molecule has 30 heavy (non-hydrogen) atoms. The first-order chi connectivity index (χ1) is 14.4. The van der Waals surface area contributed by atoms with Crippen LogP contribution in [0.1, 0.15) is 32.4 Å². The smallest absolute Gasteiger partial charge is 0.264 e. The summed E-state index contributed by atoms with van der Waals surface area (Å²) in [4.78, 5) is 20.7. The number of fused-ring (bicyclic) bond motifs is 1. The molecular weight excluding hydrogens is 380 g/mol. The predicted octanol–water partition coefficient (Wildman–Crippen LogP) is 3.89. The van der Waals surface area contributed by atoms with E-state index in [1.165, 1.54) is 0 Å². The van der Waals surface area contributed by atoms with Crippen LogP contribution in [0.15, 0.2) is 23.0 Å². The lowest BCUT2D eigenvalue weighted by molar-refractivity contribution is 0.395. The summed E-state index contributed by atoms with van der Waals surface area (Å²) in [7, 11) is 7.01. The molecule has 0 aliphatic rings. The largest absolute Gasteiger partial charge is 0.497 e. The molecule has 3 aromatic rings. The van der Waals surface area contributed by atoms with Gasteiger partial charge in [-0.1, -0.05) is 13.8 Å². The SMILES string of the molecule is CCCN(CCC)c1nc2c(c(-c3ccc(OC)cc3OC)c(C)n2C)c(=O)n1C. The highest BCUT2D eigenvalue weighted by Gasteiger charge is 2.24. The Hall–Kier alpha value is -2.96. The summed E-state index contributed by atoms with van der Waals surface area (Å²) in [5.41, 5.74) is 3.31. The fraction of sp³-hybridized carbons (Fsp3) is 0.478. The van der Waals surface area contributed by atoms with Crippen LogP contribution in [0.5, 0.6) is 11.5 Å². The molecule has 7 heteroatoms. The van der Waals surface area contributed by atoms with Crippen molar-refractivity contribution in [3.63, 3.8) is 0 Å². The Kier molecular flexibility index (Phi) is 6.39. The highest BCUT2D eigenvalue weighted by atomic mass is 16.5. The molecular formula is C23H32N4O3. The van der Waals surface area contributed by atoms with Gasteiger partial charge in [0.1, 0.15) is 17.1 Å². The van der Waals surface area contributed by atoms with Crippen LogP contribution >= 0.6 is 0 Å². The lowest BCUT2D eigenvalue weighted by Crippen LogP contribution is -2.33. The van der Waals surface area contributed by atoms with Crippen molar-refractivity contribution in [2.75, 3.05) is 32.2 Å². The minimum absolute atomic E-state index is 0.0521. The summed E-state index contributed by atoms with van der Waals surface area (Å²) in [6, 6.07) is 5.66. The van der Waals surface area contributed by atoms with Gasteiger partial charge in [-0.2, -0.15) is 4.98 Å². The third-order valence-electron chi connectivity index (χ3n) is 5.63. The van der Waals surface area contributed by atoms with Crippen LogP contribution in [0.2, 0.25) is 0 Å². The Morgan fingerprint density at radius 3 is 2.27 bits per heavy atom. The monoisotopic (exact) mass is 412 g/mol. The third-order valence-corrected chi connectivity index (χ3v) is 5.63. The maximum absolute atomic E-state index is 13.6. The average molecular weight is 413 g/mol. The molecule has 0 spiro atoms. The van der Waals surface area contributed by atoms with Gasteiger partial charge < -0.3 is 18.9 Å². The van der Waals surface area contributed by atoms with E-state index >= 15 is 0 Å². The van der Waals surface area contributed by atoms with E-state index in [1.54, 1.807) is 25.8 Å². The molecule has 0 saturated carbocycles. The van der Waals surface area contributed by atoms with Crippen molar-refractivity contribution in [1.29, 1.82) is 0 Å². The van der Waals surface area contributed by atoms with Crippen LogP contribution in [0.4, 0.5) is 5.95 Å². The van der Waals surface area contributed by atoms with Gasteiger partial charge in [0.05, 0.1) is 19.6 Å². The first-order valence-electron chi connectivity index (χ1n) is 10.4. The Balaban J connectivity index is 2.33. The molecule has 0 saturated heterocycles. The van der Waals surface area contributed by atoms with Crippen molar-refractivity contribution >= 4 is 17.0 Å². The van der Waals surface area contributed by atoms with Gasteiger partial charge in [-0.05, 0) is 31.9 Å². The van der Waals surface area contributed by atoms with Gasteiger partial charge in [-0.25, -0.2) is 0 Å². The number of methoxy groups -OCH3 is 2. The third kappa shape index (κ3) is 3.53. The second kappa shape index (κ2) is 8.81. The Bertz CT molecular complexity index is 1110. The van der Waals surface area contributed by atoms with E-state index in [1.807, 2.05) is 36.7 Å². The minimum Gasteiger partial charge on any atom is -0.497 e. The van der Waals surface area contributed by atoms with Gasteiger partial charge in [0.25, 0.3) is 5.56 Å². The lowest BCUT2D eigenvalue weighted by atomic mass is 10.0. The number of nitrogens with zero attached hydrogens (tertiary/aromatic N) is 4. The van der Waals surface area contributed by atoms with E-state index in [0.29, 0.717) is 28.5 Å². The molecule has 162 valence electrons. The topological polar surface area (TPSA) is 61.5 Å². The zero-order valence-electron chi connectivity index (χ0n) is 19.1. The molecule has 0 amide bonds. The summed E-state index contributed by atoms with van der Waals surface area (Å²) in [5.74, 6) is 2.08. The van der Waals surface area contributed by atoms with E-state index in [2.05, 4.69) is 18.7 Å². The van der Waals surface area contributed by atoms with Crippen LogP contribution in [-0.4, -0.2) is 41.4 Å². The number of ether oxygens (including phenoxy) is 2. The number of aryl methyl sites for hydroxylation is 1. The van der Waals surface area contributed by atoms with Crippen molar-refractivity contribution in [2.45, 2.75) is 33.6 Å². The van der Waals surface area contributed by atoms with Crippen LogP contribution in [0, 0.1) is 6.92 Å². The first kappa shape index (κ1) is 21.7. The number of anilines is 1. The summed E-state index contributed by atoms with van der Waals surface area (Å²) >= 11 is 0. The predicted molar refractivity (Wildman–Crippen MR) is 122 cm³/mol. The quantitative estimate of drug-likeness (QED) is 0.562. The fourth-order valence-corrected chi connectivity index (χ4v) is 4.02. The maximum atomic E-state index is 13.6. The molecule has 0 atom stereocenters. The van der Waals surface area contributed by atoms with E-state index in [4.69, 9.17) is 14.5 Å². The van der Waals surface area contributed by atoms with Crippen LogP contribution in [0.25, 0.3) is 22.2 Å². The number of rotatable bonds is 8. The summed E-state index contributed by atoms with van der Waals surface area (Å²) in [6.45, 7) is 8.01. The molecule has 3 rings (SSSR count). The van der Waals surface area contributed by atoms with E-state index in [9.17, 15) is 4.79 Å². The molecule has 0 unspecified atom stereocenters. The number of hydrogen-bond donors (Lipinski definition) is 0.